The molecule has 0 saturated carbocycles. The Morgan fingerprint density at radius 2 is 1.83 bits per heavy atom. The number of hydrogen-bond acceptors (Lipinski definition) is 2. The Bertz CT molecular complexity index is 236. The van der Waals surface area contributed by atoms with Gasteiger partial charge in [0.05, 0.1) is 0 Å². The normalized spacial score (nSPS) is 11.2. The molecule has 1 aromatic carbocycles. The molecule has 2 N–H and O–H groups in total. The number of nitrogens with one attached hydrogen (secondary N) is 1. The summed E-state index contributed by atoms with van der Waals surface area (Å²) in [5, 5.41) is 11.5. The van der Waals surface area contributed by atoms with E-state index < -0.39 is 0 Å². The summed E-state index contributed by atoms with van der Waals surface area (Å²) in [7, 11) is 0.979. The second kappa shape index (κ2) is 3.74. The fourth-order valence-corrected chi connectivity index (χ4v) is 1.10. The monoisotopic (exact) mass is 162 g/mol. The molecule has 1 aromatic rings. The molecule has 1 rings (SSSR count). The van der Waals surface area contributed by atoms with Crippen LogP contribution in [0.3, 0.4) is 0 Å². The fourth-order valence-electron chi connectivity index (χ4n) is 1.10. The van der Waals surface area contributed by atoms with Gasteiger partial charge in [0.1, 0.15) is 0 Å². The Hall–Kier alpha value is -0.795. The molecule has 0 saturated heterocycles. The topological polar surface area (TPSA) is 32.3 Å². The zero-order valence-corrected chi connectivity index (χ0v) is 7.41. The van der Waals surface area contributed by atoms with Crippen molar-refractivity contribution >= 4 is 7.62 Å². The van der Waals surface area contributed by atoms with Gasteiger partial charge < -0.3 is 10.3 Å². The van der Waals surface area contributed by atoms with Gasteiger partial charge in [0, 0.05) is 5.54 Å². The zero-order chi connectivity index (χ0) is 9.03. The number of benzene rings is 1. The predicted molar refractivity (Wildman–Crippen MR) is 50.6 cm³/mol. The van der Waals surface area contributed by atoms with Crippen molar-refractivity contribution in [3.8, 4) is 0 Å². The minimum absolute atomic E-state index is 0.212. The lowest BCUT2D eigenvalue weighted by atomic mass is 9.91. The van der Waals surface area contributed by atoms with Gasteiger partial charge in [-0.3, -0.25) is 0 Å². The average Bonchev–Trinajstić information content (AvgIpc) is 2.06. The van der Waals surface area contributed by atoms with Gasteiger partial charge in [-0.2, -0.15) is 0 Å². The Kier molecular flexibility index (Phi) is 2.90. The van der Waals surface area contributed by atoms with Gasteiger partial charge in [0.15, 0.2) is 0 Å². The third-order valence-corrected chi connectivity index (χ3v) is 1.92. The molecule has 1 radical (unpaired) electrons. The van der Waals surface area contributed by atoms with Crippen LogP contribution >= 0.6 is 0 Å². The molecule has 0 unspecified atom stereocenters. The van der Waals surface area contributed by atoms with E-state index in [2.05, 4.69) is 5.23 Å². The van der Waals surface area contributed by atoms with Crippen LogP contribution < -0.4 is 5.23 Å². The van der Waals surface area contributed by atoms with Crippen molar-refractivity contribution in [1.82, 2.24) is 5.23 Å². The largest absolute Gasteiger partial charge is 0.440 e. The lowest BCUT2D eigenvalue weighted by Gasteiger charge is -2.25. The van der Waals surface area contributed by atoms with Crippen LogP contribution in [0.4, 0.5) is 0 Å². The van der Waals surface area contributed by atoms with Gasteiger partial charge in [-0.1, -0.05) is 30.3 Å². The third-order valence-electron chi connectivity index (χ3n) is 1.92. The first-order chi connectivity index (χ1) is 5.67. The minimum atomic E-state index is -0.212. The maximum atomic E-state index is 8.63. The van der Waals surface area contributed by atoms with E-state index in [0.717, 1.165) is 13.2 Å². The Morgan fingerprint density at radius 1 is 1.25 bits per heavy atom. The minimum Gasteiger partial charge on any atom is -0.440 e. The quantitative estimate of drug-likeness (QED) is 0.650. The molecule has 12 heavy (non-hydrogen) atoms. The molecule has 0 aliphatic heterocycles. The lowest BCUT2D eigenvalue weighted by molar-refractivity contribution is 0.457. The second-order valence-corrected chi connectivity index (χ2v) is 3.26. The first-order valence-electron chi connectivity index (χ1n) is 3.96. The maximum absolute atomic E-state index is 8.63. The Labute approximate surface area is 73.9 Å². The molecule has 0 fully saturated rings. The van der Waals surface area contributed by atoms with E-state index in [0.29, 0.717) is 0 Å². The molecule has 0 bridgehead atoms. The molecule has 0 aliphatic carbocycles. The van der Waals surface area contributed by atoms with Crippen molar-refractivity contribution in [2.75, 3.05) is 0 Å². The van der Waals surface area contributed by atoms with Crippen LogP contribution in [0.1, 0.15) is 19.4 Å². The smallest absolute Gasteiger partial charge is 0.393 e. The van der Waals surface area contributed by atoms with Gasteiger partial charge in [-0.05, 0) is 19.4 Å². The molecule has 63 valence electrons. The van der Waals surface area contributed by atoms with E-state index in [1.165, 1.54) is 0 Å². The van der Waals surface area contributed by atoms with Crippen molar-refractivity contribution < 1.29 is 5.02 Å². The van der Waals surface area contributed by atoms with Crippen LogP contribution in [0, 0.1) is 0 Å². The Balaban J connectivity index is 2.82. The third kappa shape index (κ3) is 2.09. The van der Waals surface area contributed by atoms with E-state index in [1.807, 2.05) is 44.2 Å². The van der Waals surface area contributed by atoms with Crippen molar-refractivity contribution in [3.63, 3.8) is 0 Å². The van der Waals surface area contributed by atoms with E-state index in [1.54, 1.807) is 0 Å². The van der Waals surface area contributed by atoms with Crippen molar-refractivity contribution in [3.05, 3.63) is 35.9 Å². The van der Waals surface area contributed by atoms with Gasteiger partial charge in [0.25, 0.3) is 0 Å². The van der Waals surface area contributed by atoms with Crippen LogP contribution in [0.5, 0.6) is 0 Å². The van der Waals surface area contributed by atoms with Crippen molar-refractivity contribution in [2.24, 2.45) is 0 Å². The summed E-state index contributed by atoms with van der Waals surface area (Å²) in [6.07, 6.45) is 0. The zero-order valence-electron chi connectivity index (χ0n) is 7.41. The SMILES string of the molecule is CC(C)(N[B]O)c1ccccc1. The molecular weight excluding hydrogens is 149 g/mol. The summed E-state index contributed by atoms with van der Waals surface area (Å²) in [6, 6.07) is 9.99. The maximum Gasteiger partial charge on any atom is 0.393 e. The Morgan fingerprint density at radius 3 is 2.33 bits per heavy atom. The number of rotatable bonds is 3. The highest BCUT2D eigenvalue weighted by Gasteiger charge is 2.18. The van der Waals surface area contributed by atoms with Crippen LogP contribution in [0.15, 0.2) is 30.3 Å². The van der Waals surface area contributed by atoms with Crippen LogP contribution in [0.25, 0.3) is 0 Å². The molecule has 2 nitrogen and oxygen atoms in total. The average molecular weight is 162 g/mol. The highest BCUT2D eigenvalue weighted by atomic mass is 16.2. The summed E-state index contributed by atoms with van der Waals surface area (Å²) in [5.41, 5.74) is 0.936. The molecule has 0 spiro atoms. The van der Waals surface area contributed by atoms with E-state index in [4.69, 9.17) is 5.02 Å². The predicted octanol–water partition coefficient (Wildman–Crippen LogP) is 1.04. The molecule has 0 aliphatic rings. The summed E-state index contributed by atoms with van der Waals surface area (Å²) in [6.45, 7) is 4.02. The first-order valence-corrected chi connectivity index (χ1v) is 3.96. The highest BCUT2D eigenvalue weighted by molar-refractivity contribution is 6.21. The van der Waals surface area contributed by atoms with Crippen molar-refractivity contribution in [1.29, 1.82) is 0 Å². The molecular formula is C9H13BNO. The highest BCUT2D eigenvalue weighted by Crippen LogP contribution is 2.18. The molecule has 0 heterocycles. The van der Waals surface area contributed by atoms with Gasteiger partial charge in [-0.25, -0.2) is 0 Å². The summed E-state index contributed by atoms with van der Waals surface area (Å²) < 4.78 is 0. The fraction of sp³-hybridized carbons (Fsp3) is 0.333. The second-order valence-electron chi connectivity index (χ2n) is 3.26. The van der Waals surface area contributed by atoms with Gasteiger partial charge >= 0.3 is 7.62 Å². The summed E-state index contributed by atoms with van der Waals surface area (Å²) in [4.78, 5) is 0. The number of hydrogen-bond donors (Lipinski definition) is 2. The van der Waals surface area contributed by atoms with Crippen LogP contribution in [-0.2, 0) is 5.54 Å². The first kappa shape index (κ1) is 9.29. The lowest BCUT2D eigenvalue weighted by Crippen LogP contribution is -2.38. The molecule has 3 heteroatoms. The van der Waals surface area contributed by atoms with E-state index >= 15 is 0 Å². The molecule has 0 aromatic heterocycles. The molecule has 0 amide bonds. The van der Waals surface area contributed by atoms with Crippen LogP contribution in [0.2, 0.25) is 0 Å². The van der Waals surface area contributed by atoms with Gasteiger partial charge in [-0.15, -0.1) is 0 Å². The standard InChI is InChI=1S/C9H13BNO/c1-9(2,11-10-12)8-6-4-3-5-7-8/h3-7,11-12H,1-2H3. The van der Waals surface area contributed by atoms with Crippen LogP contribution in [-0.4, -0.2) is 12.6 Å². The van der Waals surface area contributed by atoms with Crippen molar-refractivity contribution in [2.45, 2.75) is 19.4 Å². The van der Waals surface area contributed by atoms with E-state index in [-0.39, 0.29) is 5.54 Å². The van der Waals surface area contributed by atoms with Gasteiger partial charge in [0.2, 0.25) is 0 Å². The summed E-state index contributed by atoms with van der Waals surface area (Å²) >= 11 is 0. The van der Waals surface area contributed by atoms with E-state index in [9.17, 15) is 0 Å². The summed E-state index contributed by atoms with van der Waals surface area (Å²) in [5.74, 6) is 0. The molecule has 0 atom stereocenters.